The third-order valence-corrected chi connectivity index (χ3v) is 7.59. The summed E-state index contributed by atoms with van der Waals surface area (Å²) in [6, 6.07) is 3.49. The van der Waals surface area contributed by atoms with E-state index in [4.69, 9.17) is 9.72 Å². The molecule has 2 aliphatic rings. The van der Waals surface area contributed by atoms with E-state index in [0.717, 1.165) is 76.1 Å². The van der Waals surface area contributed by atoms with Crippen LogP contribution in [-0.4, -0.2) is 72.3 Å². The number of pyridine rings is 1. The number of fused-ring (bicyclic) bond motifs is 1. The molecule has 2 atom stereocenters. The van der Waals surface area contributed by atoms with Crippen LogP contribution < -0.4 is 10.6 Å². The monoisotopic (exact) mass is 502 g/mol. The third kappa shape index (κ3) is 9.69. The van der Waals surface area contributed by atoms with Crippen LogP contribution in [-0.2, 0) is 27.2 Å². The number of nitrogens with one attached hydrogen (secondary N) is 2. The number of carboxylic acids is 1. The SMILES string of the molecule is COC(C)CN(CCCCc1ccc2c(n1)NCCC2)CCC(NC(=O)CC1CCCCC1)C(=O)O. The van der Waals surface area contributed by atoms with Crippen molar-refractivity contribution < 1.29 is 19.4 Å². The van der Waals surface area contributed by atoms with Gasteiger partial charge < -0.3 is 25.4 Å². The normalized spacial score (nSPS) is 17.8. The molecule has 1 aliphatic carbocycles. The summed E-state index contributed by atoms with van der Waals surface area (Å²) in [6.45, 7) is 5.22. The van der Waals surface area contributed by atoms with Crippen LogP contribution in [0.3, 0.4) is 0 Å². The molecular weight excluding hydrogens is 456 g/mol. The Balaban J connectivity index is 1.44. The van der Waals surface area contributed by atoms with Gasteiger partial charge in [0, 0.05) is 38.9 Å². The maximum Gasteiger partial charge on any atom is 0.326 e. The van der Waals surface area contributed by atoms with Gasteiger partial charge in [-0.3, -0.25) is 4.79 Å². The van der Waals surface area contributed by atoms with Gasteiger partial charge in [-0.25, -0.2) is 9.78 Å². The highest BCUT2D eigenvalue weighted by molar-refractivity contribution is 5.83. The number of hydrogen-bond donors (Lipinski definition) is 3. The van der Waals surface area contributed by atoms with Crippen molar-refractivity contribution in [2.75, 3.05) is 38.6 Å². The highest BCUT2D eigenvalue weighted by atomic mass is 16.5. The van der Waals surface area contributed by atoms with E-state index in [1.165, 1.54) is 24.8 Å². The van der Waals surface area contributed by atoms with Gasteiger partial charge in [0.1, 0.15) is 11.9 Å². The van der Waals surface area contributed by atoms with E-state index in [-0.39, 0.29) is 12.0 Å². The van der Waals surface area contributed by atoms with Crippen molar-refractivity contribution in [1.29, 1.82) is 0 Å². The van der Waals surface area contributed by atoms with Crippen LogP contribution in [0, 0.1) is 5.92 Å². The molecular formula is C28H46N4O4. The zero-order valence-electron chi connectivity index (χ0n) is 22.3. The lowest BCUT2D eigenvalue weighted by Gasteiger charge is -2.27. The summed E-state index contributed by atoms with van der Waals surface area (Å²) in [5.41, 5.74) is 2.43. The molecule has 0 spiro atoms. The Morgan fingerprint density at radius 1 is 1.19 bits per heavy atom. The summed E-state index contributed by atoms with van der Waals surface area (Å²) < 4.78 is 5.47. The smallest absolute Gasteiger partial charge is 0.326 e. The number of aliphatic carboxylic acids is 1. The fourth-order valence-electron chi connectivity index (χ4n) is 5.36. The molecule has 8 nitrogen and oxygen atoms in total. The molecule has 1 amide bonds. The minimum Gasteiger partial charge on any atom is -0.480 e. The van der Waals surface area contributed by atoms with Crippen molar-refractivity contribution in [3.05, 3.63) is 23.4 Å². The van der Waals surface area contributed by atoms with Crippen molar-refractivity contribution in [2.45, 2.75) is 96.1 Å². The summed E-state index contributed by atoms with van der Waals surface area (Å²) in [7, 11) is 1.70. The van der Waals surface area contributed by atoms with Gasteiger partial charge in [0.2, 0.25) is 5.91 Å². The van der Waals surface area contributed by atoms with Crippen LogP contribution in [0.25, 0.3) is 0 Å². The summed E-state index contributed by atoms with van der Waals surface area (Å²) in [6.07, 6.45) is 11.8. The van der Waals surface area contributed by atoms with E-state index in [9.17, 15) is 14.7 Å². The molecule has 1 fully saturated rings. The summed E-state index contributed by atoms with van der Waals surface area (Å²) in [5, 5.41) is 15.9. The van der Waals surface area contributed by atoms with Crippen LogP contribution in [0.15, 0.2) is 12.1 Å². The number of unbranched alkanes of at least 4 members (excludes halogenated alkanes) is 1. The van der Waals surface area contributed by atoms with Gasteiger partial charge in [-0.1, -0.05) is 25.3 Å². The van der Waals surface area contributed by atoms with Gasteiger partial charge in [-0.15, -0.1) is 0 Å². The Kier molecular flexibility index (Phi) is 11.9. The van der Waals surface area contributed by atoms with Crippen LogP contribution in [0.2, 0.25) is 0 Å². The van der Waals surface area contributed by atoms with Crippen molar-refractivity contribution in [2.24, 2.45) is 5.92 Å². The van der Waals surface area contributed by atoms with Gasteiger partial charge in [-0.2, -0.15) is 0 Å². The predicted octanol–water partition coefficient (Wildman–Crippen LogP) is 4.03. The maximum atomic E-state index is 12.5. The first-order chi connectivity index (χ1) is 17.4. The number of carboxylic acid groups (broad SMARTS) is 1. The highest BCUT2D eigenvalue weighted by Crippen LogP contribution is 2.26. The van der Waals surface area contributed by atoms with Gasteiger partial charge in [0.25, 0.3) is 0 Å². The van der Waals surface area contributed by atoms with E-state index < -0.39 is 12.0 Å². The molecule has 0 saturated heterocycles. The molecule has 1 aliphatic heterocycles. The van der Waals surface area contributed by atoms with Gasteiger partial charge in [-0.05, 0) is 82.4 Å². The fraction of sp³-hybridized carbons (Fsp3) is 0.750. The van der Waals surface area contributed by atoms with E-state index in [1.807, 2.05) is 6.92 Å². The zero-order valence-corrected chi connectivity index (χ0v) is 22.3. The third-order valence-electron chi connectivity index (χ3n) is 7.59. The lowest BCUT2D eigenvalue weighted by atomic mass is 9.87. The zero-order chi connectivity index (χ0) is 25.8. The van der Waals surface area contributed by atoms with E-state index >= 15 is 0 Å². The second-order valence-corrected chi connectivity index (χ2v) is 10.6. The number of rotatable bonds is 15. The topological polar surface area (TPSA) is 104 Å². The first-order valence-electron chi connectivity index (χ1n) is 13.9. The Morgan fingerprint density at radius 2 is 2.00 bits per heavy atom. The summed E-state index contributed by atoms with van der Waals surface area (Å²) in [4.78, 5) is 31.4. The summed E-state index contributed by atoms with van der Waals surface area (Å²) >= 11 is 0. The molecule has 3 rings (SSSR count). The quantitative estimate of drug-likeness (QED) is 0.311. The molecule has 1 aromatic rings. The molecule has 2 heterocycles. The lowest BCUT2D eigenvalue weighted by Crippen LogP contribution is -2.44. The fourth-order valence-corrected chi connectivity index (χ4v) is 5.36. The molecule has 2 unspecified atom stereocenters. The van der Waals surface area contributed by atoms with E-state index in [2.05, 4.69) is 27.7 Å². The molecule has 1 aromatic heterocycles. The highest BCUT2D eigenvalue weighted by Gasteiger charge is 2.24. The molecule has 36 heavy (non-hydrogen) atoms. The second-order valence-electron chi connectivity index (χ2n) is 10.6. The Morgan fingerprint density at radius 3 is 2.75 bits per heavy atom. The molecule has 0 bridgehead atoms. The lowest BCUT2D eigenvalue weighted by molar-refractivity contribution is -0.142. The van der Waals surface area contributed by atoms with Crippen molar-refractivity contribution in [3.63, 3.8) is 0 Å². The van der Waals surface area contributed by atoms with Gasteiger partial charge in [0.05, 0.1) is 6.10 Å². The number of carbonyl (C=O) groups excluding carboxylic acids is 1. The number of carbonyl (C=O) groups is 2. The standard InChI is InChI=1S/C28H46N4O4/c1-21(36-2)20-32(17-7-6-12-24-14-13-23-11-8-16-29-27(23)30-24)18-15-25(28(34)35)31-26(33)19-22-9-4-3-5-10-22/h13-14,21-22,25H,3-12,15-20H2,1-2H3,(H,29,30)(H,31,33)(H,34,35). The number of aromatic nitrogens is 1. The van der Waals surface area contributed by atoms with Gasteiger partial charge >= 0.3 is 5.97 Å². The first-order valence-corrected chi connectivity index (χ1v) is 13.9. The van der Waals surface area contributed by atoms with Gasteiger partial charge in [0.15, 0.2) is 0 Å². The van der Waals surface area contributed by atoms with E-state index in [1.54, 1.807) is 7.11 Å². The first kappa shape index (κ1) is 28.4. The molecule has 0 radical (unpaired) electrons. The summed E-state index contributed by atoms with van der Waals surface area (Å²) in [5.74, 6) is 0.351. The average Bonchev–Trinajstić information content (AvgIpc) is 2.88. The maximum absolute atomic E-state index is 12.5. The molecule has 3 N–H and O–H groups in total. The van der Waals surface area contributed by atoms with E-state index in [0.29, 0.717) is 25.3 Å². The van der Waals surface area contributed by atoms with Crippen molar-refractivity contribution in [1.82, 2.24) is 15.2 Å². The second kappa shape index (κ2) is 15.2. The number of hydrogen-bond acceptors (Lipinski definition) is 6. The van der Waals surface area contributed by atoms with Crippen LogP contribution in [0.1, 0.15) is 82.4 Å². The molecule has 8 heteroatoms. The van der Waals surface area contributed by atoms with Crippen molar-refractivity contribution in [3.8, 4) is 0 Å². The van der Waals surface area contributed by atoms with Crippen LogP contribution in [0.5, 0.6) is 0 Å². The largest absolute Gasteiger partial charge is 0.480 e. The molecule has 202 valence electrons. The molecule has 1 saturated carbocycles. The number of nitrogens with zero attached hydrogens (tertiary/aromatic N) is 2. The Labute approximate surface area is 216 Å². The molecule has 0 aromatic carbocycles. The Bertz CT molecular complexity index is 828. The number of anilines is 1. The number of amides is 1. The Hall–Kier alpha value is -2.19. The average molecular weight is 503 g/mol. The van der Waals surface area contributed by atoms with Crippen LogP contribution in [0.4, 0.5) is 5.82 Å². The minimum atomic E-state index is -0.959. The minimum absolute atomic E-state index is 0.0579. The number of aryl methyl sites for hydroxylation is 2. The van der Waals surface area contributed by atoms with Crippen molar-refractivity contribution >= 4 is 17.7 Å². The number of ether oxygens (including phenoxy) is 1. The predicted molar refractivity (Wildman–Crippen MR) is 142 cm³/mol. The number of methoxy groups -OCH3 is 1. The van der Waals surface area contributed by atoms with Crippen LogP contribution >= 0.6 is 0 Å².